The maximum atomic E-state index is 13.9. The molecule has 0 aromatic heterocycles. The van der Waals surface area contributed by atoms with Gasteiger partial charge in [-0.25, -0.2) is 4.39 Å². The van der Waals surface area contributed by atoms with E-state index in [9.17, 15) is 4.39 Å². The molecule has 0 amide bonds. The average molecular weight is 342 g/mol. The van der Waals surface area contributed by atoms with Gasteiger partial charge in [-0.05, 0) is 29.7 Å². The number of aryl methyl sites for hydroxylation is 1. The number of alkyl halides is 1. The van der Waals surface area contributed by atoms with Gasteiger partial charge in [0.25, 0.3) is 0 Å². The monoisotopic (exact) mass is 340 g/mol. The van der Waals surface area contributed by atoms with Crippen LogP contribution in [0.15, 0.2) is 42.5 Å². The SMILES string of the molecule is CCCc1ccc(C(Br)c2ccc(Cl)cc2F)cc1. The zero-order valence-corrected chi connectivity index (χ0v) is 13.0. The van der Waals surface area contributed by atoms with E-state index < -0.39 is 0 Å². The third kappa shape index (κ3) is 3.58. The molecule has 0 nitrogen and oxygen atoms in total. The molecule has 0 radical (unpaired) electrons. The second kappa shape index (κ2) is 6.53. The van der Waals surface area contributed by atoms with Gasteiger partial charge >= 0.3 is 0 Å². The van der Waals surface area contributed by atoms with E-state index in [1.54, 1.807) is 12.1 Å². The molecule has 2 aromatic rings. The van der Waals surface area contributed by atoms with Crippen LogP contribution in [0.2, 0.25) is 5.02 Å². The molecule has 0 heterocycles. The summed E-state index contributed by atoms with van der Waals surface area (Å²) in [6.07, 6.45) is 2.20. The first-order valence-electron chi connectivity index (χ1n) is 6.29. The highest BCUT2D eigenvalue weighted by Crippen LogP contribution is 2.33. The fourth-order valence-corrected chi connectivity index (χ4v) is 2.86. The highest BCUT2D eigenvalue weighted by atomic mass is 79.9. The number of halogens is 3. The molecule has 100 valence electrons. The van der Waals surface area contributed by atoms with E-state index >= 15 is 0 Å². The number of hydrogen-bond acceptors (Lipinski definition) is 0. The van der Waals surface area contributed by atoms with Crippen molar-refractivity contribution in [3.05, 3.63) is 70.0 Å². The Morgan fingerprint density at radius 2 is 1.84 bits per heavy atom. The largest absolute Gasteiger partial charge is 0.207 e. The Hall–Kier alpha value is -0.860. The number of hydrogen-bond donors (Lipinski definition) is 0. The minimum absolute atomic E-state index is 0.152. The van der Waals surface area contributed by atoms with Crippen LogP contribution in [0.3, 0.4) is 0 Å². The molecular formula is C16H15BrClF. The third-order valence-corrected chi connectivity index (χ3v) is 4.30. The Bertz CT molecular complexity index is 551. The summed E-state index contributed by atoms with van der Waals surface area (Å²) in [5.74, 6) is -0.285. The van der Waals surface area contributed by atoms with Crippen LogP contribution in [0, 0.1) is 5.82 Å². The highest BCUT2D eigenvalue weighted by molar-refractivity contribution is 9.09. The van der Waals surface area contributed by atoms with Crippen LogP contribution in [0.1, 0.15) is 34.9 Å². The van der Waals surface area contributed by atoms with E-state index in [1.807, 2.05) is 12.1 Å². The van der Waals surface area contributed by atoms with Crippen molar-refractivity contribution in [2.24, 2.45) is 0 Å². The van der Waals surface area contributed by atoms with Crippen molar-refractivity contribution in [2.75, 3.05) is 0 Å². The summed E-state index contributed by atoms with van der Waals surface area (Å²) in [7, 11) is 0. The molecule has 0 aliphatic heterocycles. The third-order valence-electron chi connectivity index (χ3n) is 3.05. The normalized spacial score (nSPS) is 12.4. The van der Waals surface area contributed by atoms with Crippen molar-refractivity contribution < 1.29 is 4.39 Å². The van der Waals surface area contributed by atoms with Gasteiger partial charge in [0.1, 0.15) is 5.82 Å². The summed E-state index contributed by atoms with van der Waals surface area (Å²) in [5.41, 5.74) is 2.95. The Kier molecular flexibility index (Phi) is 5.00. The van der Waals surface area contributed by atoms with Gasteiger partial charge in [-0.15, -0.1) is 0 Å². The molecule has 2 rings (SSSR count). The first kappa shape index (κ1) is 14.5. The predicted octanol–water partition coefficient (Wildman–Crippen LogP) is 5.92. The smallest absolute Gasteiger partial charge is 0.129 e. The topological polar surface area (TPSA) is 0 Å². The molecule has 0 aliphatic carbocycles. The summed E-state index contributed by atoms with van der Waals surface area (Å²) < 4.78 is 13.9. The maximum Gasteiger partial charge on any atom is 0.129 e. The quantitative estimate of drug-likeness (QED) is 0.606. The second-order valence-corrected chi connectivity index (χ2v) is 5.87. The van der Waals surface area contributed by atoms with Gasteiger partial charge < -0.3 is 0 Å². The van der Waals surface area contributed by atoms with Crippen LogP contribution in [-0.2, 0) is 6.42 Å². The van der Waals surface area contributed by atoms with Gasteiger partial charge in [-0.3, -0.25) is 0 Å². The molecule has 0 aliphatic rings. The van der Waals surface area contributed by atoms with Crippen LogP contribution >= 0.6 is 27.5 Å². The predicted molar refractivity (Wildman–Crippen MR) is 82.6 cm³/mol. The lowest BCUT2D eigenvalue weighted by Gasteiger charge is -2.12. The number of benzene rings is 2. The molecule has 1 unspecified atom stereocenters. The molecule has 3 heteroatoms. The fraction of sp³-hybridized carbons (Fsp3) is 0.250. The van der Waals surface area contributed by atoms with Gasteiger partial charge in [0.15, 0.2) is 0 Å². The Labute approximate surface area is 126 Å². The van der Waals surface area contributed by atoms with Crippen LogP contribution in [0.4, 0.5) is 4.39 Å². The average Bonchev–Trinajstić information content (AvgIpc) is 2.39. The minimum Gasteiger partial charge on any atom is -0.207 e. The Morgan fingerprint density at radius 1 is 1.16 bits per heavy atom. The van der Waals surface area contributed by atoms with Crippen LogP contribution in [0.25, 0.3) is 0 Å². The lowest BCUT2D eigenvalue weighted by Crippen LogP contribution is -1.97. The maximum absolute atomic E-state index is 13.9. The summed E-state index contributed by atoms with van der Waals surface area (Å²) in [6.45, 7) is 2.16. The van der Waals surface area contributed by atoms with Gasteiger partial charge in [-0.2, -0.15) is 0 Å². The zero-order chi connectivity index (χ0) is 13.8. The van der Waals surface area contributed by atoms with Crippen molar-refractivity contribution in [1.82, 2.24) is 0 Å². The van der Waals surface area contributed by atoms with Crippen molar-refractivity contribution in [3.63, 3.8) is 0 Å². The molecule has 0 saturated carbocycles. The van der Waals surface area contributed by atoms with Crippen molar-refractivity contribution in [2.45, 2.75) is 24.6 Å². The fourth-order valence-electron chi connectivity index (χ4n) is 2.03. The highest BCUT2D eigenvalue weighted by Gasteiger charge is 2.14. The Balaban J connectivity index is 2.25. The van der Waals surface area contributed by atoms with Crippen molar-refractivity contribution >= 4 is 27.5 Å². The molecule has 0 spiro atoms. The van der Waals surface area contributed by atoms with E-state index in [-0.39, 0.29) is 10.6 Å². The number of rotatable bonds is 4. The molecule has 0 N–H and O–H groups in total. The van der Waals surface area contributed by atoms with Gasteiger partial charge in [0.2, 0.25) is 0 Å². The molecular weight excluding hydrogens is 327 g/mol. The minimum atomic E-state index is -0.285. The van der Waals surface area contributed by atoms with Crippen LogP contribution < -0.4 is 0 Å². The van der Waals surface area contributed by atoms with Crippen LogP contribution in [0.5, 0.6) is 0 Å². The van der Waals surface area contributed by atoms with E-state index in [4.69, 9.17) is 11.6 Å². The summed E-state index contributed by atoms with van der Waals surface area (Å²) >= 11 is 9.32. The second-order valence-electron chi connectivity index (χ2n) is 4.52. The lowest BCUT2D eigenvalue weighted by molar-refractivity contribution is 0.613. The Morgan fingerprint density at radius 3 is 2.42 bits per heavy atom. The van der Waals surface area contributed by atoms with Crippen molar-refractivity contribution in [1.29, 1.82) is 0 Å². The molecule has 0 saturated heterocycles. The first-order chi connectivity index (χ1) is 9.11. The van der Waals surface area contributed by atoms with Gasteiger partial charge in [0, 0.05) is 10.6 Å². The van der Waals surface area contributed by atoms with Crippen molar-refractivity contribution in [3.8, 4) is 0 Å². The van der Waals surface area contributed by atoms with E-state index in [0.717, 1.165) is 18.4 Å². The standard InChI is InChI=1S/C16H15BrClF/c1-2-3-11-4-6-12(7-5-11)16(17)14-9-8-13(18)10-15(14)19/h4-10,16H,2-3H2,1H3. The van der Waals surface area contributed by atoms with Gasteiger partial charge in [-0.1, -0.05) is 71.2 Å². The van der Waals surface area contributed by atoms with E-state index in [0.29, 0.717) is 10.6 Å². The lowest BCUT2D eigenvalue weighted by atomic mass is 10.0. The molecule has 0 bridgehead atoms. The zero-order valence-electron chi connectivity index (χ0n) is 10.7. The summed E-state index contributed by atoms with van der Waals surface area (Å²) in [4.78, 5) is -0.152. The first-order valence-corrected chi connectivity index (χ1v) is 7.59. The van der Waals surface area contributed by atoms with E-state index in [2.05, 4.69) is 35.0 Å². The van der Waals surface area contributed by atoms with Crippen LogP contribution in [-0.4, -0.2) is 0 Å². The molecule has 19 heavy (non-hydrogen) atoms. The van der Waals surface area contributed by atoms with E-state index in [1.165, 1.54) is 11.6 Å². The summed E-state index contributed by atoms with van der Waals surface area (Å²) in [5, 5.41) is 0.416. The van der Waals surface area contributed by atoms with Gasteiger partial charge in [0.05, 0.1) is 4.83 Å². The molecule has 1 atom stereocenters. The molecule has 0 fully saturated rings. The molecule has 2 aromatic carbocycles. The summed E-state index contributed by atoms with van der Waals surface area (Å²) in [6, 6.07) is 13.0.